The third-order valence-electron chi connectivity index (χ3n) is 7.90. The van der Waals surface area contributed by atoms with Gasteiger partial charge in [-0.25, -0.2) is 4.99 Å². The molecule has 7 heteroatoms. The number of hydrogen-bond acceptors (Lipinski definition) is 6. The molecule has 0 spiro atoms. The molecule has 1 saturated heterocycles. The number of piperazine rings is 1. The van der Waals surface area contributed by atoms with Crippen LogP contribution in [0.1, 0.15) is 31.8 Å². The first-order valence-electron chi connectivity index (χ1n) is 13.5. The van der Waals surface area contributed by atoms with Gasteiger partial charge >= 0.3 is 0 Å². The number of fused-ring (bicyclic) bond motifs is 5. The minimum Gasteiger partial charge on any atom is -0.468 e. The Balaban J connectivity index is 1.16. The second-order valence-corrected chi connectivity index (χ2v) is 10.2. The van der Waals surface area contributed by atoms with E-state index in [9.17, 15) is 9.59 Å². The number of carbonyl (C=O) groups is 2. The third-order valence-corrected chi connectivity index (χ3v) is 7.90. The van der Waals surface area contributed by atoms with E-state index in [1.54, 1.807) is 24.3 Å². The summed E-state index contributed by atoms with van der Waals surface area (Å²) >= 11 is 0. The van der Waals surface area contributed by atoms with E-state index in [1.807, 2.05) is 36.4 Å². The Hall–Kier alpha value is -4.49. The highest BCUT2D eigenvalue weighted by Crippen LogP contribution is 2.41. The van der Waals surface area contributed by atoms with Crippen molar-refractivity contribution in [2.24, 2.45) is 0 Å². The van der Waals surface area contributed by atoms with Crippen LogP contribution in [-0.4, -0.2) is 67.6 Å². The Morgan fingerprint density at radius 2 is 1.59 bits per heavy atom. The summed E-state index contributed by atoms with van der Waals surface area (Å²) in [4.78, 5) is 35.8. The summed E-state index contributed by atoms with van der Waals surface area (Å²) in [7, 11) is 0. The molecule has 2 heterocycles. The van der Waals surface area contributed by atoms with Crippen molar-refractivity contribution in [3.05, 3.63) is 107 Å². The Morgan fingerprint density at radius 1 is 0.872 bits per heavy atom. The molecule has 3 aromatic carbocycles. The smallest absolute Gasteiger partial charge is 0.258 e. The predicted octanol–water partition coefficient (Wildman–Crippen LogP) is 2.74. The first-order chi connectivity index (χ1) is 19.2. The molecule has 0 amide bonds. The summed E-state index contributed by atoms with van der Waals surface area (Å²) in [6.07, 6.45) is 7.52. The van der Waals surface area contributed by atoms with E-state index in [0.717, 1.165) is 38.4 Å². The molecule has 4 aliphatic rings. The van der Waals surface area contributed by atoms with Crippen LogP contribution in [-0.2, 0) is 0 Å². The Labute approximate surface area is 227 Å². The monoisotopic (exact) mass is 517 g/mol. The zero-order chi connectivity index (χ0) is 26.3. The average molecular weight is 518 g/mol. The lowest BCUT2D eigenvalue weighted by atomic mass is 9.81. The van der Waals surface area contributed by atoms with Gasteiger partial charge in [-0.05, 0) is 18.2 Å². The van der Waals surface area contributed by atoms with E-state index in [0.29, 0.717) is 45.9 Å². The molecule has 0 radical (unpaired) electrons. The largest absolute Gasteiger partial charge is 0.468 e. The van der Waals surface area contributed by atoms with Crippen molar-refractivity contribution in [2.45, 2.75) is 6.10 Å². The summed E-state index contributed by atoms with van der Waals surface area (Å²) in [5.41, 5.74) is 4.97. The first-order valence-corrected chi connectivity index (χ1v) is 13.5. The number of rotatable bonds is 5. The van der Waals surface area contributed by atoms with E-state index in [1.165, 1.54) is 5.69 Å². The van der Waals surface area contributed by atoms with E-state index < -0.39 is 0 Å². The highest BCUT2D eigenvalue weighted by atomic mass is 16.5. The lowest BCUT2D eigenvalue weighted by Crippen LogP contribution is -2.72. The minimum atomic E-state index is -0.254. The molecule has 2 aliphatic carbocycles. The number of ether oxygens (including phenoxy) is 1. The number of benzene rings is 3. The number of hydrogen-bond donors (Lipinski definition) is 2. The molecule has 0 bridgehead atoms. The van der Waals surface area contributed by atoms with Crippen molar-refractivity contribution in [2.75, 3.05) is 49.5 Å². The molecule has 0 aromatic heterocycles. The van der Waals surface area contributed by atoms with Gasteiger partial charge < -0.3 is 15.0 Å². The Morgan fingerprint density at radius 3 is 2.36 bits per heavy atom. The molecule has 194 valence electrons. The van der Waals surface area contributed by atoms with Gasteiger partial charge in [0.2, 0.25) is 17.6 Å². The summed E-state index contributed by atoms with van der Waals surface area (Å²) < 4.78 is 6.31. The van der Waals surface area contributed by atoms with Gasteiger partial charge in [-0.3, -0.25) is 14.5 Å². The molecule has 39 heavy (non-hydrogen) atoms. The number of ketones is 2. The third kappa shape index (κ3) is 4.15. The number of anilines is 2. The van der Waals surface area contributed by atoms with Crippen molar-refractivity contribution < 1.29 is 19.3 Å². The van der Waals surface area contributed by atoms with Crippen LogP contribution in [0.4, 0.5) is 17.1 Å². The molecule has 0 saturated carbocycles. The topological polar surface area (TPSA) is 75.9 Å². The second kappa shape index (κ2) is 9.67. The van der Waals surface area contributed by atoms with Crippen molar-refractivity contribution in [3.8, 4) is 5.75 Å². The normalized spacial score (nSPS) is 19.4. The summed E-state index contributed by atoms with van der Waals surface area (Å²) in [6.45, 7) is 5.37. The van der Waals surface area contributed by atoms with Gasteiger partial charge in [0, 0.05) is 68.2 Å². The van der Waals surface area contributed by atoms with Crippen molar-refractivity contribution in [1.29, 1.82) is 0 Å². The van der Waals surface area contributed by atoms with Crippen LogP contribution in [0.2, 0.25) is 0 Å². The molecule has 1 fully saturated rings. The van der Waals surface area contributed by atoms with Crippen molar-refractivity contribution >= 4 is 34.3 Å². The average Bonchev–Trinajstić information content (AvgIpc) is 2.99. The van der Waals surface area contributed by atoms with Crippen LogP contribution in [0.15, 0.2) is 85.0 Å². The van der Waals surface area contributed by atoms with Gasteiger partial charge in [0.15, 0.2) is 11.5 Å². The molecule has 7 rings (SSSR count). The van der Waals surface area contributed by atoms with Gasteiger partial charge in [-0.1, -0.05) is 54.6 Å². The van der Waals surface area contributed by atoms with Crippen LogP contribution >= 0.6 is 0 Å². The number of para-hydroxylation sites is 1. The fourth-order valence-corrected chi connectivity index (χ4v) is 5.86. The van der Waals surface area contributed by atoms with E-state index >= 15 is 0 Å². The number of nitrogens with zero attached hydrogens (tertiary/aromatic N) is 2. The highest BCUT2D eigenvalue weighted by Gasteiger charge is 2.41. The van der Waals surface area contributed by atoms with Crippen LogP contribution in [0.25, 0.3) is 0 Å². The maximum absolute atomic E-state index is 13.8. The Bertz CT molecular complexity index is 1570. The van der Waals surface area contributed by atoms with Gasteiger partial charge in [-0.15, -0.1) is 0 Å². The molecule has 1 unspecified atom stereocenters. The molecule has 7 nitrogen and oxygen atoms in total. The van der Waals surface area contributed by atoms with Gasteiger partial charge in [-0.2, -0.15) is 0 Å². The van der Waals surface area contributed by atoms with E-state index in [4.69, 9.17) is 4.74 Å². The quantitative estimate of drug-likeness (QED) is 0.424. The maximum atomic E-state index is 13.8. The highest BCUT2D eigenvalue weighted by molar-refractivity contribution is 6.32. The molecular formula is C32H29N4O3+. The zero-order valence-corrected chi connectivity index (χ0v) is 21.5. The molecule has 3 aromatic rings. The van der Waals surface area contributed by atoms with Crippen LogP contribution < -0.4 is 19.9 Å². The maximum Gasteiger partial charge on any atom is 0.258 e. The Kier molecular flexibility index (Phi) is 5.86. The molecule has 1 atom stereocenters. The van der Waals surface area contributed by atoms with Crippen LogP contribution in [0.3, 0.4) is 0 Å². The van der Waals surface area contributed by atoms with E-state index in [2.05, 4.69) is 44.4 Å². The molecule has 2 N–H and O–H groups in total. The SMILES string of the molecule is O=C1c2ccccc2C(=O)c2c3c(cc(NCCN4CCN(c5ccccc5)CC4)c21)OC1C=CC=CC1=[NH+]3. The predicted molar refractivity (Wildman–Crippen MR) is 152 cm³/mol. The van der Waals surface area contributed by atoms with Gasteiger partial charge in [0.1, 0.15) is 5.56 Å². The zero-order valence-electron chi connectivity index (χ0n) is 21.5. The van der Waals surface area contributed by atoms with Crippen molar-refractivity contribution in [3.63, 3.8) is 0 Å². The van der Waals surface area contributed by atoms with Crippen LogP contribution in [0, 0.1) is 0 Å². The number of allylic oxidation sites excluding steroid dienone is 2. The van der Waals surface area contributed by atoms with Crippen molar-refractivity contribution in [1.82, 2.24) is 4.90 Å². The number of nitrogens with one attached hydrogen (secondary N) is 2. The summed E-state index contributed by atoms with van der Waals surface area (Å²) in [5.74, 6) is 0.263. The molecular weight excluding hydrogens is 488 g/mol. The molecule has 2 aliphatic heterocycles. The van der Waals surface area contributed by atoms with Gasteiger partial charge in [0.05, 0.1) is 11.3 Å². The fraction of sp³-hybridized carbons (Fsp3) is 0.219. The first kappa shape index (κ1) is 23.6. The summed E-state index contributed by atoms with van der Waals surface area (Å²) in [5, 5.41) is 3.49. The number of carbonyl (C=O) groups excluding carboxylic acids is 2. The summed E-state index contributed by atoms with van der Waals surface area (Å²) in [6, 6.07) is 19.4. The van der Waals surface area contributed by atoms with Crippen LogP contribution in [0.5, 0.6) is 5.75 Å². The van der Waals surface area contributed by atoms with E-state index in [-0.39, 0.29) is 17.7 Å². The standard InChI is InChI=1S/C32H28N4O3/c37-31-22-10-4-5-11-23(22)32(38)29-28(31)25(20-27-30(29)34-24-12-6-7-13-26(24)39-27)33-14-15-35-16-18-36(19-17-35)21-8-2-1-3-9-21/h1-13,20,26,33H,14-19H2/p+1. The fourth-order valence-electron chi connectivity index (χ4n) is 5.86. The lowest BCUT2D eigenvalue weighted by molar-refractivity contribution is -0.362. The van der Waals surface area contributed by atoms with Gasteiger partial charge in [0.25, 0.3) is 5.69 Å². The second-order valence-electron chi connectivity index (χ2n) is 10.2. The minimum absolute atomic E-state index is 0.144. The lowest BCUT2D eigenvalue weighted by Gasteiger charge is -2.36.